The van der Waals surface area contributed by atoms with Crippen LogP contribution in [0.1, 0.15) is 29.3 Å². The van der Waals surface area contributed by atoms with Gasteiger partial charge in [0.1, 0.15) is 11.9 Å². The molecule has 1 aromatic rings. The molecule has 1 amide bonds. The molecule has 4 nitrogen and oxygen atoms in total. The highest BCUT2D eigenvalue weighted by Gasteiger charge is 2.33. The van der Waals surface area contributed by atoms with E-state index < -0.39 is 41.0 Å². The van der Waals surface area contributed by atoms with Crippen LogP contribution in [0, 0.1) is 5.82 Å². The van der Waals surface area contributed by atoms with Crippen LogP contribution in [0.5, 0.6) is 0 Å². The Morgan fingerprint density at radius 2 is 1.90 bits per heavy atom. The van der Waals surface area contributed by atoms with E-state index in [1.54, 1.807) is 0 Å². The van der Waals surface area contributed by atoms with Crippen LogP contribution in [-0.4, -0.2) is 35.0 Å². The first kappa shape index (κ1) is 16.9. The third-order valence-electron chi connectivity index (χ3n) is 2.98. The van der Waals surface area contributed by atoms with E-state index in [1.165, 1.54) is 6.92 Å². The number of likely N-dealkylation sites (N-methyl/N-ethyl adjacent to an activating group) is 1. The number of hydrogen-bond acceptors (Lipinski definition) is 2. The first-order chi connectivity index (χ1) is 9.59. The van der Waals surface area contributed by atoms with Crippen molar-refractivity contribution < 1.29 is 32.3 Å². The van der Waals surface area contributed by atoms with Crippen molar-refractivity contribution in [2.24, 2.45) is 0 Å². The van der Waals surface area contributed by atoms with Gasteiger partial charge in [-0.25, -0.2) is 9.18 Å². The summed E-state index contributed by atoms with van der Waals surface area (Å²) in [4.78, 5) is 23.7. The maximum absolute atomic E-state index is 13.6. The molecule has 0 aromatic heterocycles. The van der Waals surface area contributed by atoms with Gasteiger partial charge < -0.3 is 10.0 Å². The third-order valence-corrected chi connectivity index (χ3v) is 2.98. The molecule has 8 heteroatoms. The van der Waals surface area contributed by atoms with Crippen LogP contribution in [0.25, 0.3) is 0 Å². The number of carbonyl (C=O) groups is 2. The second kappa shape index (κ2) is 6.11. The van der Waals surface area contributed by atoms with Gasteiger partial charge in [-0.15, -0.1) is 0 Å². The highest BCUT2D eigenvalue weighted by molar-refractivity contribution is 5.96. The Labute approximate surface area is 118 Å². The van der Waals surface area contributed by atoms with Crippen LogP contribution >= 0.6 is 0 Å². The molecule has 1 rings (SSSR count). The fourth-order valence-corrected chi connectivity index (χ4v) is 1.81. The summed E-state index contributed by atoms with van der Waals surface area (Å²) in [6.07, 6.45) is -4.68. The predicted molar refractivity (Wildman–Crippen MR) is 65.2 cm³/mol. The summed E-state index contributed by atoms with van der Waals surface area (Å²) in [6.45, 7) is 1.49. The molecule has 0 spiro atoms. The number of halogens is 4. The van der Waals surface area contributed by atoms with Gasteiger partial charge in [-0.1, -0.05) is 6.92 Å². The van der Waals surface area contributed by atoms with E-state index >= 15 is 0 Å². The minimum atomic E-state index is -4.72. The minimum Gasteiger partial charge on any atom is -0.480 e. The van der Waals surface area contributed by atoms with E-state index in [-0.39, 0.29) is 6.42 Å². The number of carboxylic acid groups (broad SMARTS) is 1. The van der Waals surface area contributed by atoms with Crippen LogP contribution in [0.3, 0.4) is 0 Å². The second-order valence-corrected chi connectivity index (χ2v) is 4.37. The van der Waals surface area contributed by atoms with Crippen molar-refractivity contribution in [1.82, 2.24) is 4.90 Å². The van der Waals surface area contributed by atoms with Crippen LogP contribution in [0.2, 0.25) is 0 Å². The summed E-state index contributed by atoms with van der Waals surface area (Å²) < 4.78 is 51.3. The zero-order valence-electron chi connectivity index (χ0n) is 11.2. The molecule has 0 bridgehead atoms. The summed E-state index contributed by atoms with van der Waals surface area (Å²) in [5, 5.41) is 8.92. The minimum absolute atomic E-state index is 0.0398. The molecule has 0 heterocycles. The standard InChI is InChI=1S/C13H13F4NO3/c1-3-10(12(20)21)18(2)11(19)8-6-7(13(15,16)17)4-5-9(8)14/h4-6,10H,3H2,1-2H3,(H,20,21). The number of benzene rings is 1. The molecule has 116 valence electrons. The van der Waals surface area contributed by atoms with Crippen molar-refractivity contribution in [3.8, 4) is 0 Å². The van der Waals surface area contributed by atoms with E-state index in [9.17, 15) is 27.2 Å². The summed E-state index contributed by atoms with van der Waals surface area (Å²) in [5.74, 6) is -3.58. The SMILES string of the molecule is CCC(C(=O)O)N(C)C(=O)c1cc(C(F)(F)F)ccc1F. The Morgan fingerprint density at radius 3 is 2.33 bits per heavy atom. The topological polar surface area (TPSA) is 57.6 Å². The highest BCUT2D eigenvalue weighted by Crippen LogP contribution is 2.30. The Hall–Kier alpha value is -2.12. The van der Waals surface area contributed by atoms with E-state index in [4.69, 9.17) is 5.11 Å². The quantitative estimate of drug-likeness (QED) is 0.870. The fourth-order valence-electron chi connectivity index (χ4n) is 1.81. The van der Waals surface area contributed by atoms with Gasteiger partial charge in [-0.3, -0.25) is 4.79 Å². The number of nitrogens with zero attached hydrogens (tertiary/aromatic N) is 1. The summed E-state index contributed by atoms with van der Waals surface area (Å²) >= 11 is 0. The lowest BCUT2D eigenvalue weighted by Gasteiger charge is -2.24. The maximum atomic E-state index is 13.6. The number of alkyl halides is 3. The molecule has 0 radical (unpaired) electrons. The zero-order chi connectivity index (χ0) is 16.4. The van der Waals surface area contributed by atoms with E-state index in [0.717, 1.165) is 7.05 Å². The lowest BCUT2D eigenvalue weighted by molar-refractivity contribution is -0.142. The van der Waals surface area contributed by atoms with Crippen molar-refractivity contribution in [2.45, 2.75) is 25.6 Å². The molecule has 1 unspecified atom stereocenters. The Bertz CT molecular complexity index is 557. The van der Waals surface area contributed by atoms with E-state index in [2.05, 4.69) is 0 Å². The molecule has 0 fully saturated rings. The average Bonchev–Trinajstić information content (AvgIpc) is 2.37. The molecule has 1 aromatic carbocycles. The van der Waals surface area contributed by atoms with Crippen molar-refractivity contribution >= 4 is 11.9 Å². The third kappa shape index (κ3) is 3.71. The van der Waals surface area contributed by atoms with Gasteiger partial charge >= 0.3 is 12.1 Å². The normalized spacial score (nSPS) is 12.9. The van der Waals surface area contributed by atoms with Gasteiger partial charge in [0, 0.05) is 7.05 Å². The summed E-state index contributed by atoms with van der Waals surface area (Å²) in [7, 11) is 1.10. The average molecular weight is 307 g/mol. The lowest BCUT2D eigenvalue weighted by atomic mass is 10.1. The Morgan fingerprint density at radius 1 is 1.33 bits per heavy atom. The number of amides is 1. The molecule has 21 heavy (non-hydrogen) atoms. The fraction of sp³-hybridized carbons (Fsp3) is 0.385. The van der Waals surface area contributed by atoms with Crippen molar-refractivity contribution in [3.63, 3.8) is 0 Å². The molecule has 0 saturated carbocycles. The van der Waals surface area contributed by atoms with Gasteiger partial charge in [0.2, 0.25) is 0 Å². The monoisotopic (exact) mass is 307 g/mol. The summed E-state index contributed by atoms with van der Waals surface area (Å²) in [6, 6.07) is 0.182. The Kier molecular flexibility index (Phi) is 4.93. The van der Waals surface area contributed by atoms with Crippen LogP contribution in [0.4, 0.5) is 17.6 Å². The van der Waals surface area contributed by atoms with E-state index in [0.29, 0.717) is 23.1 Å². The zero-order valence-corrected chi connectivity index (χ0v) is 11.2. The van der Waals surface area contributed by atoms with Gasteiger partial charge in [0.15, 0.2) is 0 Å². The highest BCUT2D eigenvalue weighted by atomic mass is 19.4. The molecular weight excluding hydrogens is 294 g/mol. The van der Waals surface area contributed by atoms with Crippen LogP contribution in [-0.2, 0) is 11.0 Å². The molecule has 0 aliphatic rings. The molecule has 0 aliphatic carbocycles. The first-order valence-corrected chi connectivity index (χ1v) is 5.96. The molecular formula is C13H13F4NO3. The van der Waals surface area contributed by atoms with Gasteiger partial charge in [-0.2, -0.15) is 13.2 Å². The van der Waals surface area contributed by atoms with Crippen molar-refractivity contribution in [2.75, 3.05) is 7.05 Å². The first-order valence-electron chi connectivity index (χ1n) is 5.96. The maximum Gasteiger partial charge on any atom is 0.416 e. The molecule has 1 atom stereocenters. The molecule has 1 N–H and O–H groups in total. The smallest absolute Gasteiger partial charge is 0.416 e. The second-order valence-electron chi connectivity index (χ2n) is 4.37. The number of carbonyl (C=O) groups excluding carboxylic acids is 1. The number of carboxylic acids is 1. The van der Waals surface area contributed by atoms with Crippen LogP contribution in [0.15, 0.2) is 18.2 Å². The number of aliphatic carboxylic acids is 1. The number of rotatable bonds is 4. The van der Waals surface area contributed by atoms with Crippen LogP contribution < -0.4 is 0 Å². The van der Waals surface area contributed by atoms with Gasteiger partial charge in [0.05, 0.1) is 11.1 Å². The number of hydrogen-bond donors (Lipinski definition) is 1. The van der Waals surface area contributed by atoms with Gasteiger partial charge in [0.25, 0.3) is 5.91 Å². The largest absolute Gasteiger partial charge is 0.480 e. The molecule has 0 aliphatic heterocycles. The predicted octanol–water partition coefficient (Wildman–Crippen LogP) is 2.78. The van der Waals surface area contributed by atoms with Crippen molar-refractivity contribution in [3.05, 3.63) is 35.1 Å². The summed E-state index contributed by atoms with van der Waals surface area (Å²) in [5.41, 5.74) is -1.99. The van der Waals surface area contributed by atoms with Crippen molar-refractivity contribution in [1.29, 1.82) is 0 Å². The van der Waals surface area contributed by atoms with E-state index in [1.807, 2.05) is 0 Å². The lowest BCUT2D eigenvalue weighted by Crippen LogP contribution is -2.42. The van der Waals surface area contributed by atoms with Gasteiger partial charge in [-0.05, 0) is 24.6 Å². The Balaban J connectivity index is 3.21. The molecule has 0 saturated heterocycles.